The number of rotatable bonds is 3. The van der Waals surface area contributed by atoms with E-state index in [9.17, 15) is 0 Å². The molecule has 6 aromatic heterocycles. The van der Waals surface area contributed by atoms with Crippen LogP contribution in [0.4, 0.5) is 0 Å². The summed E-state index contributed by atoms with van der Waals surface area (Å²) in [6.07, 6.45) is 14.7. The summed E-state index contributed by atoms with van der Waals surface area (Å²) in [5, 5.41) is 0. The van der Waals surface area contributed by atoms with Gasteiger partial charge in [-0.2, -0.15) is 13.7 Å². The van der Waals surface area contributed by atoms with E-state index < -0.39 is 0 Å². The molecule has 0 aromatic carbocycles. The molecule has 8 heteroatoms. The molecule has 0 fully saturated rings. The van der Waals surface area contributed by atoms with E-state index in [-0.39, 0.29) is 17.1 Å². The van der Waals surface area contributed by atoms with Crippen molar-refractivity contribution in [2.45, 2.75) is 20.8 Å². The van der Waals surface area contributed by atoms with Crippen molar-refractivity contribution in [2.24, 2.45) is 0 Å². The van der Waals surface area contributed by atoms with Gasteiger partial charge >= 0.3 is 28.4 Å². The van der Waals surface area contributed by atoms with Crippen LogP contribution in [0.15, 0.2) is 104 Å². The van der Waals surface area contributed by atoms with Crippen LogP contribution in [0.1, 0.15) is 39.9 Å². The van der Waals surface area contributed by atoms with E-state index in [1.165, 1.54) is 0 Å². The number of nitrogens with zero attached hydrogens (tertiary/aromatic N) is 5. The van der Waals surface area contributed by atoms with Gasteiger partial charge in [0.2, 0.25) is 0 Å². The predicted molar refractivity (Wildman–Crippen MR) is 178 cm³/mol. The fourth-order valence-electron chi connectivity index (χ4n) is 6.17. The van der Waals surface area contributed by atoms with E-state index in [4.69, 9.17) is 9.97 Å². The second-order valence-corrected chi connectivity index (χ2v) is 11.4. The first-order valence-corrected chi connectivity index (χ1v) is 15.1. The predicted octanol–water partition coefficient (Wildman–Crippen LogP) is 6.41. The summed E-state index contributed by atoms with van der Waals surface area (Å²) in [6.45, 7) is 6.40. The largest absolute Gasteiger partial charge is 2.00 e. The van der Waals surface area contributed by atoms with E-state index in [0.717, 1.165) is 79.0 Å². The molecule has 2 aliphatic heterocycles. The third kappa shape index (κ3) is 5.17. The Morgan fingerprint density at radius 2 is 1.00 bits per heavy atom. The zero-order valence-electron chi connectivity index (χ0n) is 25.7. The smallest absolute Gasteiger partial charge is 0.355 e. The van der Waals surface area contributed by atoms with Gasteiger partial charge in [-0.1, -0.05) is 18.2 Å². The monoisotopic (exact) mass is 641 g/mol. The summed E-state index contributed by atoms with van der Waals surface area (Å²) < 4.78 is 6.74. The Kier molecular flexibility index (Phi) is 7.53. The molecular weight excluding hydrogens is 609 g/mol. The number of H-pyrrole nitrogens is 2. The maximum Gasteiger partial charge on any atom is 2.00 e. The van der Waals surface area contributed by atoms with Gasteiger partial charge in [0.05, 0.1) is 17.1 Å². The average molecular weight is 642 g/mol. The summed E-state index contributed by atoms with van der Waals surface area (Å²) in [7, 11) is 0. The number of aromatic nitrogens is 7. The van der Waals surface area contributed by atoms with E-state index in [1.54, 1.807) is 0 Å². The van der Waals surface area contributed by atoms with Gasteiger partial charge < -0.3 is 9.97 Å². The topological polar surface area (TPSA) is 69.0 Å². The molecule has 1 radical (unpaired) electrons. The Balaban J connectivity index is 0.00000338. The number of aryl methyl sites for hydroxylation is 3. The quantitative estimate of drug-likeness (QED) is 0.173. The van der Waals surface area contributed by atoms with Gasteiger partial charge in [0, 0.05) is 68.2 Å². The van der Waals surface area contributed by atoms with Crippen molar-refractivity contribution in [2.75, 3.05) is 0 Å². The van der Waals surface area contributed by atoms with Crippen LogP contribution in [-0.4, -0.2) is 19.9 Å². The SMILES string of the molecule is Cc1cccc[n+]1-c1c(-[n+]2ccccc2C)c2[nH]c1cc1nc(cc3ccc(cc4nc(c2-[n+]2ccccc2C)C=C4)[nH]3)C=C1.[Mn+2]. The van der Waals surface area contributed by atoms with Crippen LogP contribution >= 0.6 is 0 Å². The summed E-state index contributed by atoms with van der Waals surface area (Å²) in [5.74, 6) is 0. The summed E-state index contributed by atoms with van der Waals surface area (Å²) in [5.41, 5.74) is 13.7. The van der Waals surface area contributed by atoms with Gasteiger partial charge in [-0.3, -0.25) is 0 Å². The van der Waals surface area contributed by atoms with E-state index in [2.05, 4.69) is 172 Å². The van der Waals surface area contributed by atoms with Crippen molar-refractivity contribution >= 4 is 46.4 Å². The zero-order valence-corrected chi connectivity index (χ0v) is 26.9. The Labute approximate surface area is 277 Å². The third-order valence-electron chi connectivity index (χ3n) is 8.34. The summed E-state index contributed by atoms with van der Waals surface area (Å²) in [6, 6.07) is 29.3. The molecular formula is C38H32MnN7+5. The molecule has 8 bridgehead atoms. The van der Waals surface area contributed by atoms with Crippen molar-refractivity contribution < 1.29 is 30.8 Å². The van der Waals surface area contributed by atoms with E-state index in [1.807, 2.05) is 0 Å². The van der Waals surface area contributed by atoms with Crippen molar-refractivity contribution in [3.05, 3.63) is 143 Å². The fourth-order valence-corrected chi connectivity index (χ4v) is 6.17. The summed E-state index contributed by atoms with van der Waals surface area (Å²) >= 11 is 0. The first kappa shape index (κ1) is 29.3. The van der Waals surface area contributed by atoms with Gasteiger partial charge in [0.25, 0.3) is 5.69 Å². The molecule has 0 atom stereocenters. The first-order chi connectivity index (χ1) is 22.0. The van der Waals surface area contributed by atoms with E-state index in [0.29, 0.717) is 0 Å². The van der Waals surface area contributed by atoms with Crippen LogP contribution < -0.4 is 13.7 Å². The number of hydrogen-bond acceptors (Lipinski definition) is 2. The first-order valence-electron chi connectivity index (χ1n) is 15.1. The molecule has 221 valence electrons. The van der Waals surface area contributed by atoms with Crippen LogP contribution in [0, 0.1) is 20.8 Å². The van der Waals surface area contributed by atoms with Gasteiger partial charge in [-0.05, 0) is 54.6 Å². The van der Waals surface area contributed by atoms with Gasteiger partial charge in [0.1, 0.15) is 11.2 Å². The standard InChI is InChI=1S/C38H32N7.Mn/c1-25-10-4-7-19-43(25)36-33-18-17-31(41-33)23-30-14-13-28(39-30)22-29-15-16-32(40-29)24-34-37(44-20-8-5-11-26(44)2)38(35(36)42-34)45-21-9-6-12-27(45)3;/h4-24,39,42H,1-3H3;/q+3;+2. The number of pyridine rings is 3. The minimum Gasteiger partial charge on any atom is -0.355 e. The Morgan fingerprint density at radius 1 is 0.500 bits per heavy atom. The molecule has 2 N–H and O–H groups in total. The second kappa shape index (κ2) is 11.8. The number of nitrogens with one attached hydrogen (secondary N) is 2. The second-order valence-electron chi connectivity index (χ2n) is 11.4. The number of aromatic amines is 2. The van der Waals surface area contributed by atoms with Crippen LogP contribution in [0.3, 0.4) is 0 Å². The molecule has 0 saturated heterocycles. The molecule has 6 aromatic rings. The minimum atomic E-state index is 0. The number of fused-ring (bicyclic) bond motifs is 8. The maximum absolute atomic E-state index is 5.19. The van der Waals surface area contributed by atoms with Crippen LogP contribution in [0.5, 0.6) is 0 Å². The molecule has 8 heterocycles. The van der Waals surface area contributed by atoms with Gasteiger partial charge in [0.15, 0.2) is 41.2 Å². The van der Waals surface area contributed by atoms with Gasteiger partial charge in [-0.15, -0.1) is 0 Å². The maximum atomic E-state index is 5.19. The minimum absolute atomic E-state index is 0. The van der Waals surface area contributed by atoms with Crippen molar-refractivity contribution in [3.63, 3.8) is 0 Å². The normalized spacial score (nSPS) is 11.9. The fraction of sp³-hybridized carbons (Fsp3) is 0.0789. The molecule has 0 unspecified atom stereocenters. The Morgan fingerprint density at radius 3 is 1.59 bits per heavy atom. The Bertz CT molecular complexity index is 2380. The van der Waals surface area contributed by atoms with Crippen molar-refractivity contribution in [1.82, 2.24) is 19.9 Å². The number of hydrogen-bond donors (Lipinski definition) is 2. The summed E-state index contributed by atoms with van der Waals surface area (Å²) in [4.78, 5) is 17.6. The molecule has 46 heavy (non-hydrogen) atoms. The van der Waals surface area contributed by atoms with E-state index >= 15 is 0 Å². The molecule has 7 nitrogen and oxygen atoms in total. The van der Waals surface area contributed by atoms with Crippen LogP contribution in [-0.2, 0) is 17.1 Å². The van der Waals surface area contributed by atoms with Crippen LogP contribution in [0.25, 0.3) is 63.4 Å². The van der Waals surface area contributed by atoms with Crippen LogP contribution in [0.2, 0.25) is 0 Å². The van der Waals surface area contributed by atoms with Crippen molar-refractivity contribution in [1.29, 1.82) is 0 Å². The molecule has 0 spiro atoms. The molecule has 0 aliphatic carbocycles. The molecule has 2 aliphatic rings. The van der Waals surface area contributed by atoms with Gasteiger partial charge in [-0.25, -0.2) is 9.97 Å². The average Bonchev–Trinajstić information content (AvgIpc) is 3.84. The molecule has 0 saturated carbocycles. The molecule has 8 rings (SSSR count). The zero-order chi connectivity index (χ0) is 30.5. The molecule has 0 amide bonds. The van der Waals surface area contributed by atoms with Crippen molar-refractivity contribution in [3.8, 4) is 17.1 Å². The Hall–Kier alpha value is -5.43. The third-order valence-corrected chi connectivity index (χ3v) is 8.34.